The van der Waals surface area contributed by atoms with Crippen molar-refractivity contribution in [3.63, 3.8) is 0 Å². The summed E-state index contributed by atoms with van der Waals surface area (Å²) in [5.41, 5.74) is 15.0. The van der Waals surface area contributed by atoms with Crippen molar-refractivity contribution in [2.24, 2.45) is 11.5 Å². The van der Waals surface area contributed by atoms with Gasteiger partial charge >= 0.3 is 0 Å². The number of carbonyl (C=O) groups excluding carboxylic acids is 2. The van der Waals surface area contributed by atoms with Crippen molar-refractivity contribution < 1.29 is 19.1 Å². The van der Waals surface area contributed by atoms with E-state index in [0.717, 1.165) is 5.56 Å². The molecule has 1 atom stereocenters. The second-order valence-corrected chi connectivity index (χ2v) is 8.15. The van der Waals surface area contributed by atoms with Crippen LogP contribution in [-0.4, -0.2) is 43.9 Å². The van der Waals surface area contributed by atoms with Crippen LogP contribution in [0.3, 0.4) is 0 Å². The van der Waals surface area contributed by atoms with E-state index >= 15 is 0 Å². The fourth-order valence-electron chi connectivity index (χ4n) is 3.96. The fraction of sp³-hybridized carbons (Fsp3) is 0.231. The van der Waals surface area contributed by atoms with E-state index in [9.17, 15) is 9.59 Å². The van der Waals surface area contributed by atoms with E-state index in [1.165, 1.54) is 14.2 Å². The number of likely N-dealkylation sites (N-methyl/N-ethyl adjacent to an activating group) is 1. The van der Waals surface area contributed by atoms with Gasteiger partial charge in [0.05, 0.1) is 14.2 Å². The summed E-state index contributed by atoms with van der Waals surface area (Å²) in [6, 6.07) is 11.1. The maximum absolute atomic E-state index is 13.0. The lowest BCUT2D eigenvalue weighted by molar-refractivity contribution is -0.119. The van der Waals surface area contributed by atoms with Gasteiger partial charge in [-0.3, -0.25) is 20.0 Å². The third kappa shape index (κ3) is 5.54. The minimum Gasteiger partial charge on any atom is -0.496 e. The topological polar surface area (TPSA) is 157 Å². The summed E-state index contributed by atoms with van der Waals surface area (Å²) in [4.78, 5) is 31.2. The van der Waals surface area contributed by atoms with Crippen LogP contribution in [0, 0.1) is 12.3 Å². The Kier molecular flexibility index (Phi) is 8.11. The standard InChI is InChI=1S/C26H30N6O4/c1-15-21(35-3)11-19(12-22(15)36-4)26(34)31-14-17-8-7-16(24(27)28)10-20(17)32(2)23(25(29)33)18-6-5-9-30-13-18/h5-13,23H,14H2,1-4H3,(H3,27,28)(H2,29,33)(H,31,34). The molecule has 1 heterocycles. The lowest BCUT2D eigenvalue weighted by Gasteiger charge is -2.30. The molecule has 2 aromatic carbocycles. The molecule has 1 unspecified atom stereocenters. The van der Waals surface area contributed by atoms with Crippen LogP contribution >= 0.6 is 0 Å². The second-order valence-electron chi connectivity index (χ2n) is 8.15. The number of benzene rings is 2. The number of nitrogens with two attached hydrogens (primary N) is 2. The van der Waals surface area contributed by atoms with Gasteiger partial charge in [-0.15, -0.1) is 0 Å². The van der Waals surface area contributed by atoms with Gasteiger partial charge in [0.15, 0.2) is 0 Å². The predicted octanol–water partition coefficient (Wildman–Crippen LogP) is 2.28. The molecule has 6 N–H and O–H groups in total. The number of anilines is 1. The number of amides is 2. The first-order chi connectivity index (χ1) is 17.2. The number of nitrogen functional groups attached to an aromatic ring is 1. The van der Waals surface area contributed by atoms with Crippen molar-refractivity contribution >= 4 is 23.3 Å². The van der Waals surface area contributed by atoms with Crippen molar-refractivity contribution in [2.45, 2.75) is 19.5 Å². The molecule has 0 saturated carbocycles. The average Bonchev–Trinajstić information content (AvgIpc) is 2.87. The van der Waals surface area contributed by atoms with E-state index in [0.29, 0.717) is 39.4 Å². The summed E-state index contributed by atoms with van der Waals surface area (Å²) in [5, 5.41) is 10.7. The van der Waals surface area contributed by atoms with Crippen molar-refractivity contribution in [1.82, 2.24) is 10.3 Å². The largest absolute Gasteiger partial charge is 0.496 e. The molecule has 0 fully saturated rings. The van der Waals surface area contributed by atoms with Crippen LogP contribution in [0.15, 0.2) is 54.9 Å². The van der Waals surface area contributed by atoms with E-state index < -0.39 is 11.9 Å². The number of rotatable bonds is 10. The minimum absolute atomic E-state index is 0.129. The molecule has 0 aliphatic carbocycles. The maximum atomic E-state index is 13.0. The zero-order valence-electron chi connectivity index (χ0n) is 20.7. The number of primary amides is 1. The summed E-state index contributed by atoms with van der Waals surface area (Å²) in [5.74, 6) is 0.0243. The molecule has 0 radical (unpaired) electrons. The Morgan fingerprint density at radius 2 is 1.75 bits per heavy atom. The molecule has 36 heavy (non-hydrogen) atoms. The summed E-state index contributed by atoms with van der Waals surface area (Å²) in [7, 11) is 4.77. The van der Waals surface area contributed by atoms with Crippen LogP contribution in [0.4, 0.5) is 5.69 Å². The van der Waals surface area contributed by atoms with Crippen molar-refractivity contribution in [3.8, 4) is 11.5 Å². The Hall–Kier alpha value is -4.60. The Labute approximate surface area is 209 Å². The molecule has 0 aliphatic rings. The van der Waals surface area contributed by atoms with Gasteiger partial charge in [0, 0.05) is 53.9 Å². The van der Waals surface area contributed by atoms with Crippen molar-refractivity contribution in [3.05, 3.63) is 82.7 Å². The van der Waals surface area contributed by atoms with E-state index in [4.69, 9.17) is 26.4 Å². The lowest BCUT2D eigenvalue weighted by atomic mass is 10.0. The predicted molar refractivity (Wildman–Crippen MR) is 137 cm³/mol. The molecule has 0 spiro atoms. The maximum Gasteiger partial charge on any atom is 0.251 e. The quantitative estimate of drug-likeness (QED) is 0.251. The number of pyridine rings is 1. The molecule has 2 amide bonds. The number of hydrogen-bond donors (Lipinski definition) is 4. The van der Waals surface area contributed by atoms with Crippen LogP contribution in [0.5, 0.6) is 11.5 Å². The second kappa shape index (κ2) is 11.2. The lowest BCUT2D eigenvalue weighted by Crippen LogP contribution is -2.36. The third-order valence-electron chi connectivity index (χ3n) is 5.89. The highest BCUT2D eigenvalue weighted by atomic mass is 16.5. The van der Waals surface area contributed by atoms with E-state index in [1.54, 1.807) is 66.8 Å². The number of aromatic nitrogens is 1. The third-order valence-corrected chi connectivity index (χ3v) is 5.89. The molecule has 0 saturated heterocycles. The van der Waals surface area contributed by atoms with Gasteiger partial charge in [-0.25, -0.2) is 0 Å². The Morgan fingerprint density at radius 3 is 2.28 bits per heavy atom. The molecular formula is C26H30N6O4. The van der Waals surface area contributed by atoms with Gasteiger partial charge in [-0.1, -0.05) is 18.2 Å². The first kappa shape index (κ1) is 26.0. The molecule has 10 nitrogen and oxygen atoms in total. The van der Waals surface area contributed by atoms with Crippen molar-refractivity contribution in [1.29, 1.82) is 5.41 Å². The molecule has 10 heteroatoms. The number of methoxy groups -OCH3 is 2. The van der Waals surface area contributed by atoms with Gasteiger partial charge in [-0.2, -0.15) is 0 Å². The Balaban J connectivity index is 1.95. The molecule has 0 bridgehead atoms. The van der Waals surface area contributed by atoms with Crippen LogP contribution in [0.25, 0.3) is 0 Å². The van der Waals surface area contributed by atoms with Gasteiger partial charge in [0.2, 0.25) is 5.91 Å². The summed E-state index contributed by atoms with van der Waals surface area (Å²) >= 11 is 0. The molecule has 1 aromatic heterocycles. The Bertz CT molecular complexity index is 1250. The van der Waals surface area contributed by atoms with Crippen LogP contribution < -0.4 is 31.2 Å². The molecule has 0 aliphatic heterocycles. The molecule has 3 aromatic rings. The summed E-state index contributed by atoms with van der Waals surface area (Å²) in [6.07, 6.45) is 3.17. The fourth-order valence-corrected chi connectivity index (χ4v) is 3.96. The number of ether oxygens (including phenoxy) is 2. The normalized spacial score (nSPS) is 11.3. The average molecular weight is 491 g/mol. The van der Waals surface area contributed by atoms with Crippen LogP contribution in [0.2, 0.25) is 0 Å². The smallest absolute Gasteiger partial charge is 0.251 e. The van der Waals surface area contributed by atoms with Crippen LogP contribution in [-0.2, 0) is 11.3 Å². The van der Waals surface area contributed by atoms with E-state index in [-0.39, 0.29) is 18.3 Å². The number of carbonyl (C=O) groups is 2. The SMILES string of the molecule is COc1cc(C(=O)NCc2ccc(C(=N)N)cc2N(C)C(C(N)=O)c2cccnc2)cc(OC)c1C. The van der Waals surface area contributed by atoms with E-state index in [2.05, 4.69) is 10.3 Å². The van der Waals surface area contributed by atoms with Gasteiger partial charge in [0.25, 0.3) is 5.91 Å². The minimum atomic E-state index is -0.832. The molecule has 188 valence electrons. The molecule has 3 rings (SSSR count). The van der Waals surface area contributed by atoms with Gasteiger partial charge in [-0.05, 0) is 36.8 Å². The summed E-state index contributed by atoms with van der Waals surface area (Å²) in [6.45, 7) is 1.98. The number of amidine groups is 1. The van der Waals surface area contributed by atoms with Gasteiger partial charge < -0.3 is 31.2 Å². The number of nitrogens with zero attached hydrogens (tertiary/aromatic N) is 2. The monoisotopic (exact) mass is 490 g/mol. The van der Waals surface area contributed by atoms with Gasteiger partial charge in [0.1, 0.15) is 23.4 Å². The zero-order chi connectivity index (χ0) is 26.4. The van der Waals surface area contributed by atoms with Crippen molar-refractivity contribution in [2.75, 3.05) is 26.2 Å². The van der Waals surface area contributed by atoms with E-state index in [1.807, 2.05) is 6.92 Å². The highest BCUT2D eigenvalue weighted by Crippen LogP contribution is 2.31. The highest BCUT2D eigenvalue weighted by Gasteiger charge is 2.26. The zero-order valence-corrected chi connectivity index (χ0v) is 20.7. The highest BCUT2D eigenvalue weighted by molar-refractivity contribution is 5.97. The first-order valence-electron chi connectivity index (χ1n) is 11.1. The number of nitrogens with one attached hydrogen (secondary N) is 2. The first-order valence-corrected chi connectivity index (χ1v) is 11.1. The summed E-state index contributed by atoms with van der Waals surface area (Å²) < 4.78 is 10.7. The Morgan fingerprint density at radius 1 is 1.08 bits per heavy atom. The van der Waals surface area contributed by atoms with Crippen LogP contribution in [0.1, 0.15) is 38.7 Å². The number of hydrogen-bond acceptors (Lipinski definition) is 7. The molecular weight excluding hydrogens is 460 g/mol.